The fraction of sp³-hybridized carbons (Fsp3) is 0.214. The van der Waals surface area contributed by atoms with E-state index in [-0.39, 0.29) is 17.6 Å². The van der Waals surface area contributed by atoms with E-state index < -0.39 is 0 Å². The van der Waals surface area contributed by atoms with Gasteiger partial charge in [0.25, 0.3) is 11.8 Å². The molecule has 2 rings (SSSR count). The van der Waals surface area contributed by atoms with Crippen molar-refractivity contribution < 1.29 is 9.59 Å². The average Bonchev–Trinajstić information content (AvgIpc) is 2.55. The molecule has 0 unspecified atom stereocenters. The van der Waals surface area contributed by atoms with Gasteiger partial charge in [0, 0.05) is 38.4 Å². The van der Waals surface area contributed by atoms with Crippen LogP contribution in [0.5, 0.6) is 0 Å². The molecular weight excluding hydrogens is 270 g/mol. The maximum atomic E-state index is 11.0. The van der Waals surface area contributed by atoms with E-state index in [4.69, 9.17) is 0 Å². The molecule has 0 saturated heterocycles. The molecule has 0 atom stereocenters. The summed E-state index contributed by atoms with van der Waals surface area (Å²) in [6, 6.07) is 5.22. The SMILES string of the molecule is CNC(=O)c1ccc(C)nc1.CNC(=O)c1ncccn1. The van der Waals surface area contributed by atoms with E-state index >= 15 is 0 Å². The highest BCUT2D eigenvalue weighted by molar-refractivity contribution is 5.93. The van der Waals surface area contributed by atoms with Crippen LogP contribution in [-0.4, -0.2) is 40.9 Å². The normalized spacial score (nSPS) is 9.10. The van der Waals surface area contributed by atoms with Gasteiger partial charge in [-0.3, -0.25) is 14.6 Å². The first-order valence-electron chi connectivity index (χ1n) is 6.22. The number of nitrogens with one attached hydrogen (secondary N) is 2. The molecule has 0 aliphatic rings. The second-order valence-electron chi connectivity index (χ2n) is 3.92. The Bertz CT molecular complexity index is 584. The number of carbonyl (C=O) groups excluding carboxylic acids is 2. The molecule has 2 N–H and O–H groups in total. The molecule has 0 fully saturated rings. The quantitative estimate of drug-likeness (QED) is 0.842. The molecule has 2 aromatic rings. The fourth-order valence-electron chi connectivity index (χ4n) is 1.27. The Hall–Kier alpha value is -2.83. The maximum absolute atomic E-state index is 11.0. The van der Waals surface area contributed by atoms with Crippen molar-refractivity contribution in [3.63, 3.8) is 0 Å². The number of aryl methyl sites for hydroxylation is 1. The number of hydrogen-bond acceptors (Lipinski definition) is 5. The van der Waals surface area contributed by atoms with Crippen molar-refractivity contribution in [2.24, 2.45) is 0 Å². The van der Waals surface area contributed by atoms with Crippen LogP contribution in [0.15, 0.2) is 36.8 Å². The molecular formula is C14H17N5O2. The standard InChI is InChI=1S/C8H10N2O.C6H7N3O/c1-6-3-4-7(5-10-6)8(11)9-2;1-7-6(10)5-8-3-2-4-9-5/h3-5H,1-2H3,(H,9,11);2-4H,1H3,(H,7,10). The molecule has 0 aliphatic carbocycles. The van der Waals surface area contributed by atoms with Crippen molar-refractivity contribution in [3.8, 4) is 0 Å². The lowest BCUT2D eigenvalue weighted by Gasteiger charge is -1.97. The molecule has 0 saturated carbocycles. The number of nitrogens with zero attached hydrogens (tertiary/aromatic N) is 3. The Kier molecular flexibility index (Phi) is 6.46. The first kappa shape index (κ1) is 16.2. The van der Waals surface area contributed by atoms with Crippen LogP contribution in [0.2, 0.25) is 0 Å². The van der Waals surface area contributed by atoms with E-state index in [1.54, 1.807) is 32.4 Å². The zero-order valence-corrected chi connectivity index (χ0v) is 12.1. The van der Waals surface area contributed by atoms with Crippen molar-refractivity contribution in [1.82, 2.24) is 25.6 Å². The highest BCUT2D eigenvalue weighted by Crippen LogP contribution is 1.97. The van der Waals surface area contributed by atoms with E-state index in [0.717, 1.165) is 5.69 Å². The summed E-state index contributed by atoms with van der Waals surface area (Å²) < 4.78 is 0. The van der Waals surface area contributed by atoms with Gasteiger partial charge in [-0.15, -0.1) is 0 Å². The number of carbonyl (C=O) groups is 2. The molecule has 0 aliphatic heterocycles. The molecule has 0 aromatic carbocycles. The molecule has 2 amide bonds. The molecule has 2 heterocycles. The van der Waals surface area contributed by atoms with Gasteiger partial charge in [0.15, 0.2) is 0 Å². The molecule has 0 spiro atoms. The molecule has 110 valence electrons. The van der Waals surface area contributed by atoms with E-state index in [1.807, 2.05) is 13.0 Å². The monoisotopic (exact) mass is 287 g/mol. The van der Waals surface area contributed by atoms with Gasteiger partial charge in [-0.05, 0) is 25.1 Å². The lowest BCUT2D eigenvalue weighted by atomic mass is 10.2. The average molecular weight is 287 g/mol. The van der Waals surface area contributed by atoms with Crippen molar-refractivity contribution in [2.45, 2.75) is 6.92 Å². The van der Waals surface area contributed by atoms with Crippen LogP contribution < -0.4 is 10.6 Å². The highest BCUT2D eigenvalue weighted by Gasteiger charge is 2.02. The Morgan fingerprint density at radius 2 is 1.57 bits per heavy atom. The lowest BCUT2D eigenvalue weighted by molar-refractivity contribution is 0.0948. The number of rotatable bonds is 2. The minimum absolute atomic E-state index is 0.0995. The summed E-state index contributed by atoms with van der Waals surface area (Å²) in [5.74, 6) is -0.164. The van der Waals surface area contributed by atoms with Crippen LogP contribution in [0.3, 0.4) is 0 Å². The van der Waals surface area contributed by atoms with E-state index in [9.17, 15) is 9.59 Å². The smallest absolute Gasteiger partial charge is 0.288 e. The van der Waals surface area contributed by atoms with E-state index in [1.165, 1.54) is 12.4 Å². The topological polar surface area (TPSA) is 96.9 Å². The summed E-state index contributed by atoms with van der Waals surface area (Å²) in [5.41, 5.74) is 1.51. The fourth-order valence-corrected chi connectivity index (χ4v) is 1.27. The summed E-state index contributed by atoms with van der Waals surface area (Å²) >= 11 is 0. The van der Waals surface area contributed by atoms with Gasteiger partial charge < -0.3 is 10.6 Å². The highest BCUT2D eigenvalue weighted by atomic mass is 16.2. The maximum Gasteiger partial charge on any atom is 0.288 e. The zero-order valence-electron chi connectivity index (χ0n) is 12.1. The largest absolute Gasteiger partial charge is 0.355 e. The molecule has 7 heteroatoms. The summed E-state index contributed by atoms with van der Waals surface area (Å²) in [4.78, 5) is 33.2. The lowest BCUT2D eigenvalue weighted by Crippen LogP contribution is -2.20. The van der Waals surface area contributed by atoms with Gasteiger partial charge >= 0.3 is 0 Å². The van der Waals surface area contributed by atoms with Crippen LogP contribution in [0.25, 0.3) is 0 Å². The Balaban J connectivity index is 0.000000211. The number of hydrogen-bond donors (Lipinski definition) is 2. The van der Waals surface area contributed by atoms with Crippen LogP contribution in [0.4, 0.5) is 0 Å². The first-order valence-corrected chi connectivity index (χ1v) is 6.22. The first-order chi connectivity index (χ1) is 10.1. The molecule has 21 heavy (non-hydrogen) atoms. The van der Waals surface area contributed by atoms with Crippen LogP contribution in [0, 0.1) is 6.92 Å². The number of aromatic nitrogens is 3. The third-order valence-electron chi connectivity index (χ3n) is 2.40. The van der Waals surface area contributed by atoms with Crippen molar-refractivity contribution >= 4 is 11.8 Å². The molecule has 0 bridgehead atoms. The van der Waals surface area contributed by atoms with Gasteiger partial charge in [0.2, 0.25) is 5.82 Å². The second-order valence-corrected chi connectivity index (χ2v) is 3.92. The molecule has 7 nitrogen and oxygen atoms in total. The van der Waals surface area contributed by atoms with E-state index in [0.29, 0.717) is 5.56 Å². The van der Waals surface area contributed by atoms with Crippen LogP contribution in [-0.2, 0) is 0 Å². The van der Waals surface area contributed by atoms with Crippen LogP contribution >= 0.6 is 0 Å². The van der Waals surface area contributed by atoms with Crippen molar-refractivity contribution in [3.05, 3.63) is 53.9 Å². The Morgan fingerprint density at radius 1 is 0.952 bits per heavy atom. The van der Waals surface area contributed by atoms with Gasteiger partial charge in [-0.25, -0.2) is 9.97 Å². The van der Waals surface area contributed by atoms with Gasteiger partial charge in [0.05, 0.1) is 5.56 Å². The van der Waals surface area contributed by atoms with Gasteiger partial charge in [-0.1, -0.05) is 0 Å². The molecule has 0 radical (unpaired) electrons. The Morgan fingerprint density at radius 3 is 2.05 bits per heavy atom. The van der Waals surface area contributed by atoms with E-state index in [2.05, 4.69) is 25.6 Å². The summed E-state index contributed by atoms with van der Waals surface area (Å²) in [6.07, 6.45) is 4.61. The minimum Gasteiger partial charge on any atom is -0.355 e. The Labute approximate surface area is 122 Å². The predicted molar refractivity (Wildman–Crippen MR) is 77.8 cm³/mol. The second kappa shape index (κ2) is 8.36. The van der Waals surface area contributed by atoms with Crippen molar-refractivity contribution in [1.29, 1.82) is 0 Å². The number of amides is 2. The third kappa shape index (κ3) is 5.35. The summed E-state index contributed by atoms with van der Waals surface area (Å²) in [6.45, 7) is 1.88. The predicted octanol–water partition coefficient (Wildman–Crippen LogP) is 0.586. The summed E-state index contributed by atoms with van der Waals surface area (Å²) in [7, 11) is 3.14. The van der Waals surface area contributed by atoms with Crippen molar-refractivity contribution in [2.75, 3.05) is 14.1 Å². The zero-order chi connectivity index (χ0) is 15.7. The third-order valence-corrected chi connectivity index (χ3v) is 2.40. The number of pyridine rings is 1. The minimum atomic E-state index is -0.263. The van der Waals surface area contributed by atoms with Gasteiger partial charge in [-0.2, -0.15) is 0 Å². The molecule has 2 aromatic heterocycles. The summed E-state index contributed by atoms with van der Waals surface area (Å²) in [5, 5.41) is 4.94. The van der Waals surface area contributed by atoms with Gasteiger partial charge in [0.1, 0.15) is 0 Å². The van der Waals surface area contributed by atoms with Crippen LogP contribution in [0.1, 0.15) is 26.7 Å².